The van der Waals surface area contributed by atoms with Crippen molar-refractivity contribution in [3.05, 3.63) is 72.1 Å². The molecule has 0 unspecified atom stereocenters. The first-order valence-corrected chi connectivity index (χ1v) is 13.0. The predicted octanol–water partition coefficient (Wildman–Crippen LogP) is 5.32. The number of para-hydroxylation sites is 2. The number of H-pyrrole nitrogens is 1. The van der Waals surface area contributed by atoms with E-state index in [0.29, 0.717) is 23.9 Å². The molecule has 4 aromatic rings. The molecule has 0 aliphatic heterocycles. The first-order chi connectivity index (χ1) is 18.7. The number of halogens is 3. The molecule has 2 amide bonds. The molecule has 10 heteroatoms. The van der Waals surface area contributed by atoms with Gasteiger partial charge in [0.25, 0.3) is 0 Å². The van der Waals surface area contributed by atoms with Gasteiger partial charge in [0.1, 0.15) is 11.7 Å². The van der Waals surface area contributed by atoms with Crippen molar-refractivity contribution in [2.45, 2.75) is 63.3 Å². The summed E-state index contributed by atoms with van der Waals surface area (Å²) in [5, 5.41) is 10.7. The van der Waals surface area contributed by atoms with E-state index in [1.54, 1.807) is 24.3 Å². The Hall–Kier alpha value is -4.08. The van der Waals surface area contributed by atoms with E-state index in [9.17, 15) is 22.8 Å². The minimum absolute atomic E-state index is 0.135. The van der Waals surface area contributed by atoms with Gasteiger partial charge in [0.05, 0.1) is 5.52 Å². The van der Waals surface area contributed by atoms with E-state index in [4.69, 9.17) is 0 Å². The Kier molecular flexibility index (Phi) is 7.45. The van der Waals surface area contributed by atoms with Crippen molar-refractivity contribution in [1.29, 1.82) is 0 Å². The van der Waals surface area contributed by atoms with Gasteiger partial charge in [0.15, 0.2) is 0 Å². The number of carbonyl (C=O) groups is 2. The molecule has 39 heavy (non-hydrogen) atoms. The molecule has 0 spiro atoms. The van der Waals surface area contributed by atoms with Gasteiger partial charge >= 0.3 is 6.18 Å². The van der Waals surface area contributed by atoms with Crippen LogP contribution in [0.2, 0.25) is 0 Å². The molecule has 2 heterocycles. The highest BCUT2D eigenvalue weighted by Gasteiger charge is 2.34. The zero-order valence-corrected chi connectivity index (χ0v) is 21.4. The molecular formula is C29H30F3N5O2. The molecule has 5 rings (SSSR count). The average Bonchev–Trinajstić information content (AvgIpc) is 3.30. The number of nitrogens with zero attached hydrogens (tertiary/aromatic N) is 1. The number of aromatic amines is 1. The number of fused-ring (bicyclic) bond motifs is 2. The molecule has 4 N–H and O–H groups in total. The minimum atomic E-state index is -4.56. The summed E-state index contributed by atoms with van der Waals surface area (Å²) in [5.74, 6) is -0.585. The first kappa shape index (κ1) is 26.5. The van der Waals surface area contributed by atoms with Crippen LogP contribution < -0.4 is 16.0 Å². The summed E-state index contributed by atoms with van der Waals surface area (Å²) in [5.41, 5.74) is 1.58. The van der Waals surface area contributed by atoms with Crippen LogP contribution in [0.4, 0.5) is 18.9 Å². The van der Waals surface area contributed by atoms with Gasteiger partial charge in [-0.25, -0.2) is 4.98 Å². The van der Waals surface area contributed by atoms with E-state index in [-0.39, 0.29) is 29.4 Å². The second kappa shape index (κ2) is 11.0. The Morgan fingerprint density at radius 1 is 1.05 bits per heavy atom. The Balaban J connectivity index is 1.29. The number of alkyl halides is 3. The normalized spacial score (nSPS) is 18.6. The summed E-state index contributed by atoms with van der Waals surface area (Å²) < 4.78 is 40.5. The number of rotatable bonds is 7. The second-order valence-electron chi connectivity index (χ2n) is 10.1. The van der Waals surface area contributed by atoms with Crippen LogP contribution in [0.5, 0.6) is 0 Å². The number of nitrogens with one attached hydrogen (secondary N) is 4. The number of hydrogen-bond donors (Lipinski definition) is 4. The molecule has 1 fully saturated rings. The molecule has 7 nitrogen and oxygen atoms in total. The van der Waals surface area contributed by atoms with Crippen molar-refractivity contribution in [2.24, 2.45) is 0 Å². The lowest BCUT2D eigenvalue weighted by molar-refractivity contribution is -0.141. The Morgan fingerprint density at radius 3 is 2.54 bits per heavy atom. The molecule has 2 aromatic heterocycles. The summed E-state index contributed by atoms with van der Waals surface area (Å²) in [6.07, 6.45) is 0.458. The third-order valence-corrected chi connectivity index (χ3v) is 7.18. The number of benzene rings is 2. The lowest BCUT2D eigenvalue weighted by atomic mass is 9.90. The van der Waals surface area contributed by atoms with Crippen LogP contribution in [0.3, 0.4) is 0 Å². The van der Waals surface area contributed by atoms with Gasteiger partial charge in [-0.2, -0.15) is 13.2 Å². The molecule has 0 radical (unpaired) electrons. The molecule has 0 bridgehead atoms. The van der Waals surface area contributed by atoms with E-state index in [1.165, 1.54) is 6.92 Å². The fraction of sp³-hybridized carbons (Fsp3) is 0.345. The number of pyridine rings is 1. The summed E-state index contributed by atoms with van der Waals surface area (Å²) in [7, 11) is 0. The van der Waals surface area contributed by atoms with Gasteiger partial charge < -0.3 is 20.9 Å². The van der Waals surface area contributed by atoms with Crippen molar-refractivity contribution in [3.8, 4) is 0 Å². The second-order valence-corrected chi connectivity index (χ2v) is 10.1. The Bertz CT molecular complexity index is 1500. The number of amides is 2. The molecule has 3 atom stereocenters. The summed E-state index contributed by atoms with van der Waals surface area (Å²) in [4.78, 5) is 32.2. The third-order valence-electron chi connectivity index (χ3n) is 7.18. The van der Waals surface area contributed by atoms with E-state index in [2.05, 4.69) is 25.9 Å². The van der Waals surface area contributed by atoms with Crippen LogP contribution in [0.1, 0.15) is 43.9 Å². The lowest BCUT2D eigenvalue weighted by Crippen LogP contribution is -2.51. The zero-order chi connectivity index (χ0) is 27.6. The SMILES string of the molecule is CC(=O)N[C@@H](Cc1c[nH]c2ccccc12)C(=O)N[C@@H]1CCC[C@H](Nc2cc(C(F)(F)F)nc3ccccc23)C1. The van der Waals surface area contributed by atoms with E-state index in [0.717, 1.165) is 41.8 Å². The summed E-state index contributed by atoms with van der Waals surface area (Å²) in [6, 6.07) is 14.5. The molecule has 0 saturated heterocycles. The van der Waals surface area contributed by atoms with Crippen molar-refractivity contribution >= 4 is 39.3 Å². The fourth-order valence-electron chi connectivity index (χ4n) is 5.39. The lowest BCUT2D eigenvalue weighted by Gasteiger charge is -2.32. The van der Waals surface area contributed by atoms with Crippen LogP contribution in [0.15, 0.2) is 60.8 Å². The van der Waals surface area contributed by atoms with Crippen LogP contribution in [0.25, 0.3) is 21.8 Å². The van der Waals surface area contributed by atoms with E-state index in [1.807, 2.05) is 30.5 Å². The van der Waals surface area contributed by atoms with E-state index < -0.39 is 17.9 Å². The summed E-state index contributed by atoms with van der Waals surface area (Å²) >= 11 is 0. The van der Waals surface area contributed by atoms with Crippen molar-refractivity contribution < 1.29 is 22.8 Å². The van der Waals surface area contributed by atoms with Gasteiger partial charge in [-0.3, -0.25) is 9.59 Å². The minimum Gasteiger partial charge on any atom is -0.382 e. The molecule has 1 saturated carbocycles. The molecular weight excluding hydrogens is 507 g/mol. The highest BCUT2D eigenvalue weighted by atomic mass is 19.4. The fourth-order valence-corrected chi connectivity index (χ4v) is 5.39. The van der Waals surface area contributed by atoms with Crippen LogP contribution in [-0.4, -0.2) is 39.9 Å². The molecule has 1 aliphatic carbocycles. The Morgan fingerprint density at radius 2 is 1.77 bits per heavy atom. The number of anilines is 1. The average molecular weight is 538 g/mol. The van der Waals surface area contributed by atoms with Crippen LogP contribution in [0, 0.1) is 0 Å². The maximum absolute atomic E-state index is 13.5. The first-order valence-electron chi connectivity index (χ1n) is 13.0. The zero-order valence-electron chi connectivity index (χ0n) is 21.4. The van der Waals surface area contributed by atoms with Crippen molar-refractivity contribution in [2.75, 3.05) is 5.32 Å². The topological polar surface area (TPSA) is 98.9 Å². The highest BCUT2D eigenvalue weighted by molar-refractivity contribution is 5.92. The van der Waals surface area contributed by atoms with Crippen LogP contribution in [-0.2, 0) is 22.2 Å². The molecule has 2 aromatic carbocycles. The van der Waals surface area contributed by atoms with Gasteiger partial charge in [-0.15, -0.1) is 0 Å². The third kappa shape index (κ3) is 6.16. The maximum atomic E-state index is 13.5. The number of hydrogen-bond acceptors (Lipinski definition) is 4. The van der Waals surface area contributed by atoms with Gasteiger partial charge in [-0.1, -0.05) is 36.4 Å². The monoisotopic (exact) mass is 537 g/mol. The van der Waals surface area contributed by atoms with Gasteiger partial charge in [-0.05, 0) is 49.4 Å². The quantitative estimate of drug-likeness (QED) is 0.256. The van der Waals surface area contributed by atoms with Crippen LogP contribution >= 0.6 is 0 Å². The number of carbonyl (C=O) groups excluding carboxylic acids is 2. The standard InChI is InChI=1S/C29H30F3N5O2/c1-17(38)34-26(13-18-16-33-23-11-4-2-9-21(18)23)28(39)36-20-8-6-7-19(14-20)35-25-15-27(29(30,31)32)37-24-12-5-3-10-22(24)25/h2-5,9-12,15-16,19-20,26,33H,6-8,13-14H2,1H3,(H,34,38)(H,35,37)(H,36,39)/t19-,20+,26-/m0/s1. The van der Waals surface area contributed by atoms with Gasteiger partial charge in [0.2, 0.25) is 11.8 Å². The largest absolute Gasteiger partial charge is 0.433 e. The number of aromatic nitrogens is 2. The smallest absolute Gasteiger partial charge is 0.382 e. The Labute approximate surface area is 223 Å². The predicted molar refractivity (Wildman–Crippen MR) is 144 cm³/mol. The summed E-state index contributed by atoms with van der Waals surface area (Å²) in [6.45, 7) is 1.38. The highest BCUT2D eigenvalue weighted by Crippen LogP contribution is 2.34. The molecule has 1 aliphatic rings. The molecule has 204 valence electrons. The maximum Gasteiger partial charge on any atom is 0.433 e. The van der Waals surface area contributed by atoms with Gasteiger partial charge in [0, 0.05) is 53.6 Å². The van der Waals surface area contributed by atoms with Crippen molar-refractivity contribution in [3.63, 3.8) is 0 Å². The van der Waals surface area contributed by atoms with Crippen molar-refractivity contribution in [1.82, 2.24) is 20.6 Å². The van der Waals surface area contributed by atoms with E-state index >= 15 is 0 Å².